The molecule has 1 fully saturated rings. The van der Waals surface area contributed by atoms with Crippen molar-refractivity contribution in [2.75, 3.05) is 13.1 Å². The van der Waals surface area contributed by atoms with Crippen LogP contribution in [-0.2, 0) is 0 Å². The minimum atomic E-state index is -0.585. The van der Waals surface area contributed by atoms with Crippen molar-refractivity contribution in [3.05, 3.63) is 34.6 Å². The summed E-state index contributed by atoms with van der Waals surface area (Å²) in [6.07, 6.45) is 0.765. The molecule has 86 valence electrons. The lowest BCUT2D eigenvalue weighted by atomic mass is 10.2. The first-order valence-electron chi connectivity index (χ1n) is 5.08. The summed E-state index contributed by atoms with van der Waals surface area (Å²) in [4.78, 5) is 13.5. The molecule has 0 saturated carbocycles. The third-order valence-electron chi connectivity index (χ3n) is 2.67. The highest BCUT2D eigenvalue weighted by Crippen LogP contribution is 2.18. The molecule has 1 aliphatic rings. The Morgan fingerprint density at radius 2 is 2.31 bits per heavy atom. The smallest absolute Gasteiger partial charge is 0.256 e. The van der Waals surface area contributed by atoms with Gasteiger partial charge in [0.15, 0.2) is 0 Å². The van der Waals surface area contributed by atoms with E-state index in [1.54, 1.807) is 4.90 Å². The largest absolute Gasteiger partial charge is 0.337 e. The summed E-state index contributed by atoms with van der Waals surface area (Å²) < 4.78 is 13.5. The number of halogens is 2. The molecule has 5 heteroatoms. The zero-order valence-corrected chi connectivity index (χ0v) is 9.38. The van der Waals surface area contributed by atoms with Crippen molar-refractivity contribution in [3.63, 3.8) is 0 Å². The van der Waals surface area contributed by atoms with E-state index in [0.29, 0.717) is 13.1 Å². The predicted octanol–water partition coefficient (Wildman–Crippen LogP) is 1.65. The molecule has 1 aromatic rings. The van der Waals surface area contributed by atoms with E-state index in [9.17, 15) is 9.18 Å². The van der Waals surface area contributed by atoms with Gasteiger partial charge in [0, 0.05) is 24.2 Å². The summed E-state index contributed by atoms with van der Waals surface area (Å²) in [6.45, 7) is 1.07. The fourth-order valence-electron chi connectivity index (χ4n) is 1.81. The molecule has 0 radical (unpaired) electrons. The van der Waals surface area contributed by atoms with Crippen molar-refractivity contribution in [1.82, 2.24) is 4.90 Å². The van der Waals surface area contributed by atoms with Gasteiger partial charge in [-0.15, -0.1) is 0 Å². The van der Waals surface area contributed by atoms with Crippen LogP contribution in [0.25, 0.3) is 0 Å². The van der Waals surface area contributed by atoms with Gasteiger partial charge >= 0.3 is 0 Å². The second kappa shape index (κ2) is 4.39. The van der Waals surface area contributed by atoms with E-state index in [-0.39, 0.29) is 22.5 Å². The molecule has 0 aromatic heterocycles. The first-order valence-corrected chi connectivity index (χ1v) is 5.45. The Bertz CT molecular complexity index is 424. The number of carbonyl (C=O) groups excluding carboxylic acids is 1. The van der Waals surface area contributed by atoms with E-state index < -0.39 is 5.82 Å². The third kappa shape index (κ3) is 2.18. The molecule has 1 aliphatic heterocycles. The van der Waals surface area contributed by atoms with E-state index in [1.165, 1.54) is 12.1 Å². The Hall–Kier alpha value is -1.13. The van der Waals surface area contributed by atoms with Crippen LogP contribution in [0, 0.1) is 5.82 Å². The molecule has 0 spiro atoms. The Labute approximate surface area is 98.0 Å². The van der Waals surface area contributed by atoms with Gasteiger partial charge in [0.2, 0.25) is 0 Å². The lowest BCUT2D eigenvalue weighted by Gasteiger charge is -2.16. The summed E-state index contributed by atoms with van der Waals surface area (Å²) in [5.74, 6) is -0.903. The van der Waals surface area contributed by atoms with Gasteiger partial charge in [-0.2, -0.15) is 0 Å². The van der Waals surface area contributed by atoms with E-state index in [2.05, 4.69) is 0 Å². The van der Waals surface area contributed by atoms with Gasteiger partial charge in [-0.3, -0.25) is 4.79 Å². The highest BCUT2D eigenvalue weighted by molar-refractivity contribution is 6.30. The third-order valence-corrected chi connectivity index (χ3v) is 2.91. The molecule has 2 rings (SSSR count). The quantitative estimate of drug-likeness (QED) is 0.814. The highest BCUT2D eigenvalue weighted by atomic mass is 35.5. The number of nitrogens with two attached hydrogens (primary N) is 1. The van der Waals surface area contributed by atoms with Crippen molar-refractivity contribution in [3.8, 4) is 0 Å². The van der Waals surface area contributed by atoms with Gasteiger partial charge in [0.1, 0.15) is 5.82 Å². The van der Waals surface area contributed by atoms with Crippen molar-refractivity contribution in [2.24, 2.45) is 5.73 Å². The van der Waals surface area contributed by atoms with Crippen LogP contribution in [-0.4, -0.2) is 29.9 Å². The molecule has 1 atom stereocenters. The SMILES string of the molecule is N[C@H]1CCN(C(=O)c2ccc(Cl)cc2F)C1. The monoisotopic (exact) mass is 242 g/mol. The van der Waals surface area contributed by atoms with Crippen molar-refractivity contribution >= 4 is 17.5 Å². The summed E-state index contributed by atoms with van der Waals surface area (Å²) in [6, 6.07) is 4.06. The van der Waals surface area contributed by atoms with Crippen LogP contribution in [0.15, 0.2) is 18.2 Å². The number of likely N-dealkylation sites (tertiary alicyclic amines) is 1. The summed E-state index contributed by atoms with van der Waals surface area (Å²) >= 11 is 5.62. The van der Waals surface area contributed by atoms with Crippen LogP contribution in [0.3, 0.4) is 0 Å². The molecule has 0 unspecified atom stereocenters. The molecule has 16 heavy (non-hydrogen) atoms. The topological polar surface area (TPSA) is 46.3 Å². The number of hydrogen-bond acceptors (Lipinski definition) is 2. The van der Waals surface area contributed by atoms with Crippen LogP contribution in [0.4, 0.5) is 4.39 Å². The normalized spacial score (nSPS) is 20.2. The number of rotatable bonds is 1. The maximum atomic E-state index is 13.5. The predicted molar refractivity (Wildman–Crippen MR) is 59.9 cm³/mol. The fourth-order valence-corrected chi connectivity index (χ4v) is 1.96. The lowest BCUT2D eigenvalue weighted by molar-refractivity contribution is 0.0786. The van der Waals surface area contributed by atoms with Crippen molar-refractivity contribution in [2.45, 2.75) is 12.5 Å². The van der Waals surface area contributed by atoms with Gasteiger partial charge in [0.05, 0.1) is 5.56 Å². The van der Waals surface area contributed by atoms with Gasteiger partial charge < -0.3 is 10.6 Å². The molecule has 2 N–H and O–H groups in total. The summed E-state index contributed by atoms with van der Waals surface area (Å²) in [5.41, 5.74) is 5.75. The van der Waals surface area contributed by atoms with Crippen LogP contribution in [0.1, 0.15) is 16.8 Å². The second-order valence-corrected chi connectivity index (χ2v) is 4.36. The molecule has 3 nitrogen and oxygen atoms in total. The lowest BCUT2D eigenvalue weighted by Crippen LogP contribution is -2.32. The first-order chi connectivity index (χ1) is 7.58. The zero-order chi connectivity index (χ0) is 11.7. The van der Waals surface area contributed by atoms with Gasteiger partial charge in [-0.25, -0.2) is 4.39 Å². The van der Waals surface area contributed by atoms with E-state index >= 15 is 0 Å². The van der Waals surface area contributed by atoms with Crippen LogP contribution in [0.2, 0.25) is 5.02 Å². The van der Waals surface area contributed by atoms with E-state index in [0.717, 1.165) is 12.5 Å². The molecule has 1 saturated heterocycles. The molecule has 1 amide bonds. The van der Waals surface area contributed by atoms with E-state index in [1.807, 2.05) is 0 Å². The molecule has 0 aliphatic carbocycles. The molecule has 0 bridgehead atoms. The van der Waals surface area contributed by atoms with Gasteiger partial charge in [0.25, 0.3) is 5.91 Å². The summed E-state index contributed by atoms with van der Waals surface area (Å²) in [5, 5.41) is 0.284. The van der Waals surface area contributed by atoms with Crippen LogP contribution < -0.4 is 5.73 Å². The van der Waals surface area contributed by atoms with Crippen LogP contribution >= 0.6 is 11.6 Å². The Morgan fingerprint density at radius 1 is 1.56 bits per heavy atom. The Kier molecular flexibility index (Phi) is 3.12. The summed E-state index contributed by atoms with van der Waals surface area (Å²) in [7, 11) is 0. The molecule has 1 heterocycles. The van der Waals surface area contributed by atoms with Crippen molar-refractivity contribution < 1.29 is 9.18 Å². The van der Waals surface area contributed by atoms with Crippen molar-refractivity contribution in [1.29, 1.82) is 0 Å². The average molecular weight is 243 g/mol. The fraction of sp³-hybridized carbons (Fsp3) is 0.364. The maximum absolute atomic E-state index is 13.5. The van der Waals surface area contributed by atoms with Gasteiger partial charge in [-0.05, 0) is 24.6 Å². The first kappa shape index (κ1) is 11.4. The number of benzene rings is 1. The Morgan fingerprint density at radius 3 is 2.88 bits per heavy atom. The van der Waals surface area contributed by atoms with E-state index in [4.69, 9.17) is 17.3 Å². The highest BCUT2D eigenvalue weighted by Gasteiger charge is 2.26. The second-order valence-electron chi connectivity index (χ2n) is 3.92. The molecular weight excluding hydrogens is 231 g/mol. The number of nitrogens with zero attached hydrogens (tertiary/aromatic N) is 1. The Balaban J connectivity index is 2.21. The number of carbonyl (C=O) groups is 1. The van der Waals surface area contributed by atoms with Crippen LogP contribution in [0.5, 0.6) is 0 Å². The average Bonchev–Trinajstić information content (AvgIpc) is 2.64. The minimum absolute atomic E-state index is 0.000638. The molecular formula is C11H12ClFN2O. The zero-order valence-electron chi connectivity index (χ0n) is 8.62. The molecule has 1 aromatic carbocycles. The minimum Gasteiger partial charge on any atom is -0.337 e. The maximum Gasteiger partial charge on any atom is 0.256 e. The number of hydrogen-bond donors (Lipinski definition) is 1. The van der Waals surface area contributed by atoms with Gasteiger partial charge in [-0.1, -0.05) is 11.6 Å². The standard InChI is InChI=1S/C11H12ClFN2O/c12-7-1-2-9(10(13)5-7)11(16)15-4-3-8(14)6-15/h1-2,5,8H,3-4,6,14H2/t8-/m0/s1. The number of amides is 1.